The highest BCUT2D eigenvalue weighted by molar-refractivity contribution is 9.10. The molecule has 2 nitrogen and oxygen atoms in total. The van der Waals surface area contributed by atoms with Gasteiger partial charge >= 0.3 is 0 Å². The highest BCUT2D eigenvalue weighted by Crippen LogP contribution is 2.21. The predicted molar refractivity (Wildman–Crippen MR) is 71.0 cm³/mol. The van der Waals surface area contributed by atoms with Gasteiger partial charge in [-0.2, -0.15) is 0 Å². The third-order valence-corrected chi connectivity index (χ3v) is 2.96. The third-order valence-electron chi connectivity index (χ3n) is 2.11. The minimum Gasteiger partial charge on any atom is -0.308 e. The summed E-state index contributed by atoms with van der Waals surface area (Å²) in [5.74, 6) is 0.151. The van der Waals surface area contributed by atoms with E-state index in [-0.39, 0.29) is 5.78 Å². The fraction of sp³-hybridized carbons (Fsp3) is 0.417. The molecule has 16 heavy (non-hydrogen) atoms. The van der Waals surface area contributed by atoms with Crippen molar-refractivity contribution < 1.29 is 4.79 Å². The van der Waals surface area contributed by atoms with Crippen LogP contribution in [0, 0.1) is 0 Å². The van der Waals surface area contributed by atoms with E-state index in [1.54, 1.807) is 6.07 Å². The largest absolute Gasteiger partial charge is 0.308 e. The predicted octanol–water partition coefficient (Wildman–Crippen LogP) is 3.21. The highest BCUT2D eigenvalue weighted by Gasteiger charge is 2.07. The fourth-order valence-electron chi connectivity index (χ4n) is 1.26. The summed E-state index contributed by atoms with van der Waals surface area (Å²) in [5, 5.41) is 3.73. The van der Waals surface area contributed by atoms with Crippen LogP contribution in [0.4, 0.5) is 0 Å². The van der Waals surface area contributed by atoms with E-state index >= 15 is 0 Å². The van der Waals surface area contributed by atoms with E-state index in [9.17, 15) is 4.79 Å². The van der Waals surface area contributed by atoms with Gasteiger partial charge < -0.3 is 5.32 Å². The van der Waals surface area contributed by atoms with Crippen LogP contribution in [-0.4, -0.2) is 18.4 Å². The lowest BCUT2D eigenvalue weighted by Gasteiger charge is -2.08. The molecule has 0 aliphatic heterocycles. The molecule has 0 unspecified atom stereocenters. The maximum atomic E-state index is 11.6. The Morgan fingerprint density at radius 3 is 2.75 bits per heavy atom. The average Bonchev–Trinajstić information content (AvgIpc) is 2.19. The number of Topliss-reactive ketones (excluding diaryl/α,β-unsaturated/α-hetero) is 1. The maximum Gasteiger partial charge on any atom is 0.151 e. The van der Waals surface area contributed by atoms with E-state index in [1.165, 1.54) is 0 Å². The summed E-state index contributed by atoms with van der Waals surface area (Å²) >= 11 is 9.36. The number of nitrogens with one attached hydrogen (secondary N) is 1. The first-order valence-corrected chi connectivity index (χ1v) is 6.35. The van der Waals surface area contributed by atoms with Crippen LogP contribution in [-0.2, 0) is 11.2 Å². The van der Waals surface area contributed by atoms with Crippen molar-refractivity contribution in [1.82, 2.24) is 5.32 Å². The monoisotopic (exact) mass is 303 g/mol. The van der Waals surface area contributed by atoms with E-state index in [4.69, 9.17) is 11.6 Å². The summed E-state index contributed by atoms with van der Waals surface area (Å²) in [6.07, 6.45) is 0.381. The van der Waals surface area contributed by atoms with Gasteiger partial charge in [0.15, 0.2) is 5.78 Å². The van der Waals surface area contributed by atoms with Gasteiger partial charge in [0.25, 0.3) is 0 Å². The van der Waals surface area contributed by atoms with E-state index < -0.39 is 0 Å². The van der Waals surface area contributed by atoms with Gasteiger partial charge in [-0.25, -0.2) is 0 Å². The third kappa shape index (κ3) is 4.64. The molecular formula is C12H15BrClNO. The highest BCUT2D eigenvalue weighted by atomic mass is 79.9. The van der Waals surface area contributed by atoms with Crippen molar-refractivity contribution in [2.75, 3.05) is 6.54 Å². The van der Waals surface area contributed by atoms with E-state index in [0.29, 0.717) is 24.0 Å². The van der Waals surface area contributed by atoms with Crippen molar-refractivity contribution in [3.05, 3.63) is 33.3 Å². The Bertz CT molecular complexity index is 379. The minimum absolute atomic E-state index is 0.151. The summed E-state index contributed by atoms with van der Waals surface area (Å²) in [6, 6.07) is 5.90. The average molecular weight is 305 g/mol. The topological polar surface area (TPSA) is 29.1 Å². The van der Waals surface area contributed by atoms with Gasteiger partial charge in [0, 0.05) is 22.0 Å². The number of ketones is 1. The van der Waals surface area contributed by atoms with Gasteiger partial charge in [0.05, 0.1) is 6.54 Å². The number of hydrogen-bond donors (Lipinski definition) is 1. The van der Waals surface area contributed by atoms with Crippen molar-refractivity contribution in [3.8, 4) is 0 Å². The van der Waals surface area contributed by atoms with E-state index in [1.807, 2.05) is 26.0 Å². The molecule has 88 valence electrons. The summed E-state index contributed by atoms with van der Waals surface area (Å²) in [7, 11) is 0. The van der Waals surface area contributed by atoms with Gasteiger partial charge in [-0.3, -0.25) is 4.79 Å². The molecule has 0 bridgehead atoms. The molecule has 0 saturated heterocycles. The number of carbonyl (C=O) groups excluding carboxylic acids is 1. The first-order chi connectivity index (χ1) is 7.49. The number of rotatable bonds is 5. The first-order valence-electron chi connectivity index (χ1n) is 5.18. The van der Waals surface area contributed by atoms with Crippen molar-refractivity contribution in [2.24, 2.45) is 0 Å². The molecule has 0 aliphatic carbocycles. The van der Waals surface area contributed by atoms with Gasteiger partial charge in [0.2, 0.25) is 0 Å². The number of benzene rings is 1. The lowest BCUT2D eigenvalue weighted by atomic mass is 10.1. The van der Waals surface area contributed by atoms with Crippen LogP contribution < -0.4 is 5.32 Å². The van der Waals surface area contributed by atoms with E-state index in [2.05, 4.69) is 21.2 Å². The smallest absolute Gasteiger partial charge is 0.151 e. The Morgan fingerprint density at radius 1 is 1.50 bits per heavy atom. The van der Waals surface area contributed by atoms with Crippen molar-refractivity contribution in [1.29, 1.82) is 0 Å². The molecule has 1 aromatic rings. The molecule has 0 fully saturated rings. The van der Waals surface area contributed by atoms with Crippen LogP contribution in [0.5, 0.6) is 0 Å². The van der Waals surface area contributed by atoms with Crippen LogP contribution in [0.3, 0.4) is 0 Å². The van der Waals surface area contributed by atoms with Crippen LogP contribution in [0.2, 0.25) is 5.02 Å². The van der Waals surface area contributed by atoms with Gasteiger partial charge in [0.1, 0.15) is 0 Å². The van der Waals surface area contributed by atoms with Crippen molar-refractivity contribution >= 4 is 33.3 Å². The van der Waals surface area contributed by atoms with E-state index in [0.717, 1.165) is 10.0 Å². The fourth-order valence-corrected chi connectivity index (χ4v) is 2.00. The number of halogens is 2. The summed E-state index contributed by atoms with van der Waals surface area (Å²) < 4.78 is 0.925. The normalized spacial score (nSPS) is 10.8. The molecule has 0 spiro atoms. The van der Waals surface area contributed by atoms with Crippen LogP contribution in [0.15, 0.2) is 22.7 Å². The first kappa shape index (κ1) is 13.7. The zero-order valence-electron chi connectivity index (χ0n) is 9.39. The zero-order chi connectivity index (χ0) is 12.1. The molecule has 0 aromatic heterocycles. The Kier molecular flexibility index (Phi) is 5.46. The van der Waals surface area contributed by atoms with Crippen LogP contribution >= 0.6 is 27.5 Å². The summed E-state index contributed by atoms with van der Waals surface area (Å²) in [6.45, 7) is 4.42. The SMILES string of the molecule is CC(C)NCC(=O)Cc1ccc(Br)cc1Cl. The molecule has 1 aromatic carbocycles. The van der Waals surface area contributed by atoms with Crippen LogP contribution in [0.25, 0.3) is 0 Å². The summed E-state index contributed by atoms with van der Waals surface area (Å²) in [5.41, 5.74) is 0.875. The van der Waals surface area contributed by atoms with Crippen molar-refractivity contribution in [2.45, 2.75) is 26.3 Å². The molecule has 0 radical (unpaired) electrons. The molecule has 0 atom stereocenters. The number of hydrogen-bond acceptors (Lipinski definition) is 2. The van der Waals surface area contributed by atoms with Gasteiger partial charge in [-0.15, -0.1) is 0 Å². The van der Waals surface area contributed by atoms with Gasteiger partial charge in [-0.05, 0) is 17.7 Å². The standard InChI is InChI=1S/C12H15BrClNO/c1-8(2)15-7-11(16)5-9-3-4-10(13)6-12(9)14/h3-4,6,8,15H,5,7H2,1-2H3. The van der Waals surface area contributed by atoms with Crippen LogP contribution in [0.1, 0.15) is 19.4 Å². The van der Waals surface area contributed by atoms with Crippen molar-refractivity contribution in [3.63, 3.8) is 0 Å². The Balaban J connectivity index is 2.56. The molecule has 4 heteroatoms. The molecule has 0 heterocycles. The molecule has 0 amide bonds. The second kappa shape index (κ2) is 6.38. The zero-order valence-corrected chi connectivity index (χ0v) is 11.7. The number of carbonyl (C=O) groups is 1. The molecule has 0 aliphatic rings. The molecular weight excluding hydrogens is 289 g/mol. The molecule has 0 saturated carbocycles. The Morgan fingerprint density at radius 2 is 2.19 bits per heavy atom. The Labute approximate surface area is 110 Å². The van der Waals surface area contributed by atoms with Gasteiger partial charge in [-0.1, -0.05) is 47.4 Å². The Hall–Kier alpha value is -0.380. The lowest BCUT2D eigenvalue weighted by molar-refractivity contribution is -0.117. The second-order valence-electron chi connectivity index (χ2n) is 3.99. The quantitative estimate of drug-likeness (QED) is 0.905. The minimum atomic E-state index is 0.151. The lowest BCUT2D eigenvalue weighted by Crippen LogP contribution is -2.30. The molecule has 1 rings (SSSR count). The second-order valence-corrected chi connectivity index (χ2v) is 5.31. The maximum absolute atomic E-state index is 11.6. The molecule has 1 N–H and O–H groups in total. The summed E-state index contributed by atoms with van der Waals surface area (Å²) in [4.78, 5) is 11.6.